The van der Waals surface area contributed by atoms with Crippen LogP contribution in [0.25, 0.3) is 0 Å². The number of rotatable bonds is 2. The molecule has 0 aromatic heterocycles. The Hall–Kier alpha value is -1.71. The number of fused-ring (bicyclic) bond motifs is 2. The van der Waals surface area contributed by atoms with Gasteiger partial charge >= 0.3 is 5.97 Å². The number of hydrogen-bond acceptors (Lipinski definition) is 3. The maximum atomic E-state index is 10.9. The largest absolute Gasteiger partial charge is 0.493 e. The van der Waals surface area contributed by atoms with Gasteiger partial charge in [0, 0.05) is 31.8 Å². The molecule has 4 nitrogen and oxygen atoms in total. The first-order valence-corrected chi connectivity index (χ1v) is 7.35. The first-order chi connectivity index (χ1) is 9.63. The Morgan fingerprint density at radius 1 is 1.45 bits per heavy atom. The Morgan fingerprint density at radius 3 is 3.10 bits per heavy atom. The van der Waals surface area contributed by atoms with E-state index in [4.69, 9.17) is 9.84 Å². The smallest absolute Gasteiger partial charge is 0.303 e. The summed E-state index contributed by atoms with van der Waals surface area (Å²) in [5.41, 5.74) is 3.83. The van der Waals surface area contributed by atoms with E-state index in [1.165, 1.54) is 23.2 Å². The Labute approximate surface area is 119 Å². The predicted octanol–water partition coefficient (Wildman–Crippen LogP) is 2.48. The molecule has 0 amide bonds. The highest BCUT2D eigenvalue weighted by molar-refractivity contribution is 5.67. The van der Waals surface area contributed by atoms with Gasteiger partial charge in [0.05, 0.1) is 6.61 Å². The summed E-state index contributed by atoms with van der Waals surface area (Å²) in [6.07, 6.45) is 4.16. The summed E-state index contributed by atoms with van der Waals surface area (Å²) in [5.74, 6) is 0.426. The number of aliphatic carboxylic acids is 1. The Morgan fingerprint density at radius 2 is 2.30 bits per heavy atom. The number of nitrogens with zero attached hydrogens (tertiary/aromatic N) is 1. The van der Waals surface area contributed by atoms with Crippen molar-refractivity contribution in [2.24, 2.45) is 5.92 Å². The van der Waals surface area contributed by atoms with Crippen molar-refractivity contribution in [3.8, 4) is 5.75 Å². The Kier molecular flexibility index (Phi) is 3.55. The van der Waals surface area contributed by atoms with Crippen molar-refractivity contribution in [2.75, 3.05) is 25.1 Å². The van der Waals surface area contributed by atoms with E-state index >= 15 is 0 Å². The fourth-order valence-corrected chi connectivity index (χ4v) is 3.31. The zero-order valence-electron chi connectivity index (χ0n) is 11.9. The van der Waals surface area contributed by atoms with Crippen LogP contribution in [0.2, 0.25) is 0 Å². The van der Waals surface area contributed by atoms with Gasteiger partial charge in [-0.1, -0.05) is 6.07 Å². The van der Waals surface area contributed by atoms with Gasteiger partial charge in [-0.25, -0.2) is 0 Å². The molecule has 0 aliphatic carbocycles. The number of carboxylic acids is 1. The van der Waals surface area contributed by atoms with Crippen molar-refractivity contribution in [3.63, 3.8) is 0 Å². The number of carbonyl (C=O) groups is 1. The van der Waals surface area contributed by atoms with E-state index in [0.29, 0.717) is 6.61 Å². The van der Waals surface area contributed by atoms with Gasteiger partial charge in [-0.2, -0.15) is 0 Å². The molecule has 4 heteroatoms. The zero-order chi connectivity index (χ0) is 14.1. The van der Waals surface area contributed by atoms with Crippen molar-refractivity contribution in [1.82, 2.24) is 0 Å². The molecule has 2 aliphatic heterocycles. The van der Waals surface area contributed by atoms with Crippen LogP contribution in [0.3, 0.4) is 0 Å². The van der Waals surface area contributed by atoms with E-state index in [1.807, 2.05) is 0 Å². The van der Waals surface area contributed by atoms with Gasteiger partial charge in [-0.3, -0.25) is 4.79 Å². The van der Waals surface area contributed by atoms with Crippen LogP contribution < -0.4 is 9.64 Å². The third-order valence-electron chi connectivity index (χ3n) is 4.37. The van der Waals surface area contributed by atoms with Crippen molar-refractivity contribution < 1.29 is 14.6 Å². The summed E-state index contributed by atoms with van der Waals surface area (Å²) in [7, 11) is 2.12. The zero-order valence-corrected chi connectivity index (χ0v) is 11.9. The molecule has 108 valence electrons. The highest BCUT2D eigenvalue weighted by Crippen LogP contribution is 2.36. The fourth-order valence-electron chi connectivity index (χ4n) is 3.31. The number of benzene rings is 1. The minimum absolute atomic E-state index is 0.188. The lowest BCUT2D eigenvalue weighted by atomic mass is 9.91. The van der Waals surface area contributed by atoms with Gasteiger partial charge in [0.25, 0.3) is 0 Å². The van der Waals surface area contributed by atoms with Crippen LogP contribution in [0.15, 0.2) is 12.1 Å². The molecular formula is C16H21NO3. The molecule has 0 radical (unpaired) electrons. The average Bonchev–Trinajstić information content (AvgIpc) is 2.57. The second-order valence-corrected chi connectivity index (χ2v) is 5.92. The normalized spacial score (nSPS) is 21.4. The summed E-state index contributed by atoms with van der Waals surface area (Å²) in [5, 5.41) is 8.98. The molecule has 1 N–H and O–H groups in total. The maximum absolute atomic E-state index is 10.9. The van der Waals surface area contributed by atoms with Crippen LogP contribution in [-0.4, -0.2) is 31.3 Å². The van der Waals surface area contributed by atoms with E-state index in [1.54, 1.807) is 0 Å². The minimum atomic E-state index is -0.712. The number of anilines is 1. The first kappa shape index (κ1) is 13.3. The molecule has 0 fully saturated rings. The monoisotopic (exact) mass is 275 g/mol. The van der Waals surface area contributed by atoms with E-state index in [-0.39, 0.29) is 12.3 Å². The van der Waals surface area contributed by atoms with E-state index < -0.39 is 5.97 Å². The van der Waals surface area contributed by atoms with Crippen LogP contribution in [-0.2, 0) is 17.6 Å². The second-order valence-electron chi connectivity index (χ2n) is 5.92. The Bertz CT molecular complexity index is 527. The third-order valence-corrected chi connectivity index (χ3v) is 4.37. The summed E-state index contributed by atoms with van der Waals surface area (Å²) < 4.78 is 5.86. The SMILES string of the molecule is CN1CCCc2cc3c(cc21)OCCC(CC(=O)O)C3. The van der Waals surface area contributed by atoms with Crippen LogP contribution in [0, 0.1) is 5.92 Å². The van der Waals surface area contributed by atoms with E-state index in [9.17, 15) is 4.79 Å². The highest BCUT2D eigenvalue weighted by Gasteiger charge is 2.23. The van der Waals surface area contributed by atoms with Gasteiger partial charge < -0.3 is 14.7 Å². The molecule has 20 heavy (non-hydrogen) atoms. The number of ether oxygens (including phenoxy) is 1. The van der Waals surface area contributed by atoms with Crippen LogP contribution in [0.4, 0.5) is 5.69 Å². The van der Waals surface area contributed by atoms with E-state index in [2.05, 4.69) is 24.1 Å². The second kappa shape index (κ2) is 5.35. The van der Waals surface area contributed by atoms with Gasteiger partial charge in [0.2, 0.25) is 0 Å². The topological polar surface area (TPSA) is 49.8 Å². The van der Waals surface area contributed by atoms with Crippen LogP contribution in [0.5, 0.6) is 5.75 Å². The predicted molar refractivity (Wildman–Crippen MR) is 77.6 cm³/mol. The fraction of sp³-hybridized carbons (Fsp3) is 0.562. The number of aryl methyl sites for hydroxylation is 1. The summed E-state index contributed by atoms with van der Waals surface area (Å²) in [4.78, 5) is 13.2. The molecule has 1 aromatic rings. The molecule has 1 aromatic carbocycles. The van der Waals surface area contributed by atoms with Gasteiger partial charge in [-0.15, -0.1) is 0 Å². The summed E-state index contributed by atoms with van der Waals surface area (Å²) >= 11 is 0. The molecule has 1 atom stereocenters. The van der Waals surface area contributed by atoms with Crippen LogP contribution >= 0.6 is 0 Å². The quantitative estimate of drug-likeness (QED) is 0.901. The molecule has 1 unspecified atom stereocenters. The van der Waals surface area contributed by atoms with Crippen molar-refractivity contribution in [1.29, 1.82) is 0 Å². The Balaban J connectivity index is 1.90. The molecule has 2 heterocycles. The van der Waals surface area contributed by atoms with Crippen molar-refractivity contribution >= 4 is 11.7 Å². The highest BCUT2D eigenvalue weighted by atomic mass is 16.5. The lowest BCUT2D eigenvalue weighted by Crippen LogP contribution is -2.24. The molecule has 0 saturated carbocycles. The average molecular weight is 275 g/mol. The third kappa shape index (κ3) is 2.60. The standard InChI is InChI=1S/C16H21NO3/c1-17-5-2-3-12-9-13-7-11(8-16(18)19)4-6-20-15(13)10-14(12)17/h9-11H,2-8H2,1H3,(H,18,19). The van der Waals surface area contributed by atoms with Crippen molar-refractivity contribution in [3.05, 3.63) is 23.3 Å². The van der Waals surface area contributed by atoms with Gasteiger partial charge in [0.15, 0.2) is 0 Å². The summed E-state index contributed by atoms with van der Waals surface area (Å²) in [6.45, 7) is 1.71. The molecule has 0 bridgehead atoms. The molecular weight excluding hydrogens is 254 g/mol. The molecule has 0 saturated heterocycles. The van der Waals surface area contributed by atoms with Gasteiger partial charge in [-0.05, 0) is 42.7 Å². The van der Waals surface area contributed by atoms with Crippen molar-refractivity contribution in [2.45, 2.75) is 32.1 Å². The number of hydrogen-bond donors (Lipinski definition) is 1. The number of carboxylic acid groups (broad SMARTS) is 1. The summed E-state index contributed by atoms with van der Waals surface area (Å²) in [6, 6.07) is 4.38. The minimum Gasteiger partial charge on any atom is -0.493 e. The van der Waals surface area contributed by atoms with E-state index in [0.717, 1.165) is 31.6 Å². The van der Waals surface area contributed by atoms with Gasteiger partial charge in [0.1, 0.15) is 5.75 Å². The first-order valence-electron chi connectivity index (χ1n) is 7.35. The maximum Gasteiger partial charge on any atom is 0.303 e. The molecule has 2 aliphatic rings. The van der Waals surface area contributed by atoms with Crippen LogP contribution in [0.1, 0.15) is 30.4 Å². The lowest BCUT2D eigenvalue weighted by molar-refractivity contribution is -0.138. The molecule has 3 rings (SSSR count). The lowest BCUT2D eigenvalue weighted by Gasteiger charge is -2.28. The molecule has 0 spiro atoms.